The molecule has 2 heteroatoms. The minimum absolute atomic E-state index is 0. The van der Waals surface area contributed by atoms with Gasteiger partial charge in [0.25, 0.3) is 0 Å². The molecule has 0 aliphatic heterocycles. The molecule has 0 saturated carbocycles. The highest BCUT2D eigenvalue weighted by Gasteiger charge is 2.21. The molecule has 0 aromatic carbocycles. The maximum absolute atomic E-state index is 2.45. The van der Waals surface area contributed by atoms with Gasteiger partial charge in [-0.2, -0.15) is 0 Å². The van der Waals surface area contributed by atoms with E-state index in [2.05, 4.69) is 27.7 Å². The van der Waals surface area contributed by atoms with Gasteiger partial charge in [0.15, 0.2) is 0 Å². The lowest BCUT2D eigenvalue weighted by Crippen LogP contribution is -3.00. The predicted molar refractivity (Wildman–Crippen MR) is 227 cm³/mol. The van der Waals surface area contributed by atoms with Crippen LogP contribution in [0.15, 0.2) is 0 Å². The van der Waals surface area contributed by atoms with Crippen molar-refractivity contribution in [1.82, 2.24) is 0 Å². The molecule has 0 atom stereocenters. The number of unbranched alkanes of at least 4 members (excludes halogenated alkanes) is 38. The van der Waals surface area contributed by atoms with Crippen molar-refractivity contribution in [1.29, 1.82) is 0 Å². The number of rotatable bonds is 44. The maximum Gasteiger partial charge on any atom is 0.0786 e. The zero-order valence-corrected chi connectivity index (χ0v) is 36.7. The molecule has 0 fully saturated rings. The van der Waals surface area contributed by atoms with Crippen molar-refractivity contribution in [3.8, 4) is 0 Å². The monoisotopic (exact) mass is 726 g/mol. The van der Waals surface area contributed by atoms with Gasteiger partial charge in [0, 0.05) is 0 Å². The zero-order chi connectivity index (χ0) is 35.6. The molecule has 0 aliphatic carbocycles. The van der Waals surface area contributed by atoms with E-state index in [1.165, 1.54) is 287 Å². The molecule has 0 N–H and O–H groups in total. The Bertz CT molecular complexity index is 527. The average molecular weight is 727 g/mol. The summed E-state index contributed by atoms with van der Waals surface area (Å²) in [6.45, 7) is 15.1. The van der Waals surface area contributed by atoms with E-state index in [4.69, 9.17) is 0 Å². The summed E-state index contributed by atoms with van der Waals surface area (Å²) in [5.74, 6) is 0. The van der Waals surface area contributed by atoms with E-state index in [1.807, 2.05) is 0 Å². The first-order valence-corrected chi connectivity index (χ1v) is 24.1. The molecule has 0 aromatic heterocycles. The Kier molecular flexibility index (Phi) is 47.5. The van der Waals surface area contributed by atoms with Gasteiger partial charge >= 0.3 is 0 Å². The van der Waals surface area contributed by atoms with Crippen molar-refractivity contribution in [2.45, 2.75) is 285 Å². The largest absolute Gasteiger partial charge is 1.00 e. The van der Waals surface area contributed by atoms with Gasteiger partial charge in [-0.3, -0.25) is 0 Å². The van der Waals surface area contributed by atoms with E-state index in [0.29, 0.717) is 0 Å². The lowest BCUT2D eigenvalue weighted by Gasteiger charge is -2.37. The van der Waals surface area contributed by atoms with Gasteiger partial charge < -0.3 is 16.9 Å². The number of hydrogen-bond donors (Lipinski definition) is 0. The van der Waals surface area contributed by atoms with E-state index in [1.54, 1.807) is 0 Å². The van der Waals surface area contributed by atoms with E-state index >= 15 is 0 Å². The van der Waals surface area contributed by atoms with Gasteiger partial charge in [-0.1, -0.05) is 245 Å². The average Bonchev–Trinajstić information content (AvgIpc) is 3.12. The van der Waals surface area contributed by atoms with Gasteiger partial charge in [0.05, 0.1) is 26.2 Å². The van der Waals surface area contributed by atoms with Crippen LogP contribution in [0.2, 0.25) is 0 Å². The van der Waals surface area contributed by atoms with Crippen molar-refractivity contribution in [2.75, 3.05) is 26.2 Å². The zero-order valence-electron chi connectivity index (χ0n) is 35.9. The van der Waals surface area contributed by atoms with E-state index < -0.39 is 0 Å². The quantitative estimate of drug-likeness (QED) is 0.0433. The molecule has 0 spiro atoms. The first kappa shape index (κ1) is 52.4. The van der Waals surface area contributed by atoms with Crippen LogP contribution >= 0.6 is 0 Å². The normalized spacial score (nSPS) is 11.8. The number of quaternary nitrogens is 1. The highest BCUT2D eigenvalue weighted by atomic mass is 35.5. The molecule has 0 rings (SSSR count). The second-order valence-corrected chi connectivity index (χ2v) is 16.9. The van der Waals surface area contributed by atoms with Crippen LogP contribution in [0.4, 0.5) is 0 Å². The Balaban J connectivity index is 0. The second-order valence-electron chi connectivity index (χ2n) is 16.9. The van der Waals surface area contributed by atoms with Gasteiger partial charge in [0.2, 0.25) is 0 Å². The fourth-order valence-electron chi connectivity index (χ4n) is 8.37. The Morgan fingerprint density at radius 2 is 0.340 bits per heavy atom. The fraction of sp³-hybridized carbons (Fsp3) is 1.00. The third-order valence-corrected chi connectivity index (χ3v) is 12.3. The molecule has 0 saturated heterocycles. The molecule has 1 nitrogen and oxygen atoms in total. The first-order valence-electron chi connectivity index (χ1n) is 24.1. The Morgan fingerprint density at radius 3 is 0.480 bits per heavy atom. The van der Waals surface area contributed by atoms with E-state index in [-0.39, 0.29) is 12.4 Å². The summed E-state index contributed by atoms with van der Waals surface area (Å²) in [6.07, 6.45) is 59.0. The minimum Gasteiger partial charge on any atom is -1.00 e. The lowest BCUT2D eigenvalue weighted by molar-refractivity contribution is -0.925. The van der Waals surface area contributed by atoms with Crippen LogP contribution in [-0.4, -0.2) is 30.7 Å². The summed E-state index contributed by atoms with van der Waals surface area (Å²) in [5.41, 5.74) is 0. The molecule has 0 aliphatic rings. The number of halogens is 1. The highest BCUT2D eigenvalue weighted by Crippen LogP contribution is 2.19. The van der Waals surface area contributed by atoms with Crippen molar-refractivity contribution in [2.24, 2.45) is 0 Å². The van der Waals surface area contributed by atoms with Crippen molar-refractivity contribution in [3.05, 3.63) is 0 Å². The van der Waals surface area contributed by atoms with Crippen LogP contribution in [0.5, 0.6) is 0 Å². The van der Waals surface area contributed by atoms with Crippen molar-refractivity contribution >= 4 is 0 Å². The summed E-state index contributed by atoms with van der Waals surface area (Å²) in [6, 6.07) is 0. The summed E-state index contributed by atoms with van der Waals surface area (Å²) in [5, 5.41) is 0. The maximum atomic E-state index is 2.45. The fourth-order valence-corrected chi connectivity index (χ4v) is 8.37. The third kappa shape index (κ3) is 39.5. The van der Waals surface area contributed by atoms with Gasteiger partial charge in [0.1, 0.15) is 0 Å². The van der Waals surface area contributed by atoms with E-state index in [0.717, 1.165) is 0 Å². The highest BCUT2D eigenvalue weighted by molar-refractivity contribution is 4.54. The summed E-state index contributed by atoms with van der Waals surface area (Å²) in [7, 11) is 0. The second kappa shape index (κ2) is 45.4. The van der Waals surface area contributed by atoms with Crippen LogP contribution in [0, 0.1) is 0 Å². The van der Waals surface area contributed by atoms with Crippen LogP contribution in [0.3, 0.4) is 0 Å². The SMILES string of the molecule is CCCCCCCCCCCCCCCCCCCCCC[N+](CC)(CC)CCCCCCCCCCCCCCCCCCCCCC.[Cl-]. The van der Waals surface area contributed by atoms with E-state index in [9.17, 15) is 0 Å². The molecule has 0 heterocycles. The van der Waals surface area contributed by atoms with Crippen molar-refractivity contribution < 1.29 is 16.9 Å². The molecule has 0 bridgehead atoms. The number of nitrogens with zero attached hydrogens (tertiary/aromatic N) is 1. The van der Waals surface area contributed by atoms with Crippen LogP contribution in [-0.2, 0) is 0 Å². The summed E-state index contributed by atoms with van der Waals surface area (Å²) >= 11 is 0. The predicted octanol–water partition coefficient (Wildman–Crippen LogP) is 14.5. The van der Waals surface area contributed by atoms with Gasteiger partial charge in [-0.05, 0) is 39.5 Å². The topological polar surface area (TPSA) is 0 Å². The van der Waals surface area contributed by atoms with Gasteiger partial charge in [-0.15, -0.1) is 0 Å². The molecule has 304 valence electrons. The molecule has 50 heavy (non-hydrogen) atoms. The molecule has 0 unspecified atom stereocenters. The Morgan fingerprint density at radius 1 is 0.200 bits per heavy atom. The summed E-state index contributed by atoms with van der Waals surface area (Å²) < 4.78 is 1.39. The molecule has 0 amide bonds. The molecular weight excluding hydrogens is 626 g/mol. The minimum atomic E-state index is 0. The molecular formula is C48H100ClN. The Labute approximate surface area is 326 Å². The van der Waals surface area contributed by atoms with Gasteiger partial charge in [-0.25, -0.2) is 0 Å². The summed E-state index contributed by atoms with van der Waals surface area (Å²) in [4.78, 5) is 0. The standard InChI is InChI=1S/C48H100N.ClH/c1-5-9-11-13-15-17-19-21-23-25-27-29-31-33-35-37-39-41-43-45-47-49(7-3,8-4)48-46-44-42-40-38-36-34-32-30-28-26-24-22-20-18-16-14-12-10-6-2;/h5-48H2,1-4H3;1H/q+1;/p-1. The van der Waals surface area contributed by atoms with Crippen molar-refractivity contribution in [3.63, 3.8) is 0 Å². The molecule has 0 aromatic rings. The van der Waals surface area contributed by atoms with Crippen LogP contribution in [0.25, 0.3) is 0 Å². The smallest absolute Gasteiger partial charge is 0.0786 e. The van der Waals surface area contributed by atoms with Crippen LogP contribution < -0.4 is 12.4 Å². The number of hydrogen-bond acceptors (Lipinski definition) is 0. The van der Waals surface area contributed by atoms with Crippen LogP contribution in [0.1, 0.15) is 285 Å². The third-order valence-electron chi connectivity index (χ3n) is 12.3. The first-order chi connectivity index (χ1) is 24.2. The molecule has 0 radical (unpaired) electrons. The lowest BCUT2D eigenvalue weighted by atomic mass is 10.0. The Hall–Kier alpha value is 0.250.